The van der Waals surface area contributed by atoms with E-state index >= 15 is 0 Å². The van der Waals surface area contributed by atoms with E-state index in [0.29, 0.717) is 0 Å². The summed E-state index contributed by atoms with van der Waals surface area (Å²) in [4.78, 5) is 0. The van der Waals surface area contributed by atoms with Crippen LogP contribution in [0.2, 0.25) is 0 Å². The molecule has 0 aliphatic heterocycles. The molecule has 78 valence electrons. The molecule has 3 N–H and O–H groups in total. The van der Waals surface area contributed by atoms with Crippen molar-refractivity contribution in [2.45, 2.75) is 58.0 Å². The van der Waals surface area contributed by atoms with Gasteiger partial charge in [0.15, 0.2) is 0 Å². The predicted molar refractivity (Wildman–Crippen MR) is 57.7 cm³/mol. The van der Waals surface area contributed by atoms with Gasteiger partial charge in [-0.05, 0) is 32.1 Å². The van der Waals surface area contributed by atoms with Gasteiger partial charge in [-0.25, -0.2) is 0 Å². The molecule has 3 atom stereocenters. The van der Waals surface area contributed by atoms with Crippen molar-refractivity contribution in [3.05, 3.63) is 0 Å². The zero-order chi connectivity index (χ0) is 9.90. The molecule has 0 heterocycles. The van der Waals surface area contributed by atoms with Crippen LogP contribution in [0, 0.1) is 5.92 Å². The van der Waals surface area contributed by atoms with Crippen molar-refractivity contribution in [2.75, 3.05) is 6.54 Å². The van der Waals surface area contributed by atoms with Gasteiger partial charge in [-0.15, -0.1) is 0 Å². The molecule has 0 aromatic rings. The largest absolute Gasteiger partial charge is 0.324 e. The topological polar surface area (TPSA) is 38.0 Å². The van der Waals surface area contributed by atoms with Gasteiger partial charge in [-0.1, -0.05) is 20.3 Å². The van der Waals surface area contributed by atoms with Gasteiger partial charge in [0.05, 0.1) is 0 Å². The summed E-state index contributed by atoms with van der Waals surface area (Å²) in [6, 6.07) is 0.773. The van der Waals surface area contributed by atoms with E-state index in [1.807, 2.05) is 0 Å². The Hall–Kier alpha value is -0.0800. The molecule has 0 radical (unpaired) electrons. The molecular weight excluding hydrogens is 160 g/mol. The van der Waals surface area contributed by atoms with Gasteiger partial charge >= 0.3 is 0 Å². The minimum atomic E-state index is -0.0145. The minimum absolute atomic E-state index is 0.0145. The first-order valence-electron chi connectivity index (χ1n) is 5.61. The van der Waals surface area contributed by atoms with Gasteiger partial charge in [-0.3, -0.25) is 0 Å². The molecule has 1 aliphatic rings. The molecule has 3 unspecified atom stereocenters. The Kier molecular flexibility index (Phi) is 3.74. The third-order valence-electron chi connectivity index (χ3n) is 3.16. The van der Waals surface area contributed by atoms with Crippen molar-refractivity contribution in [2.24, 2.45) is 11.7 Å². The highest BCUT2D eigenvalue weighted by Crippen LogP contribution is 2.34. The van der Waals surface area contributed by atoms with Crippen LogP contribution in [0.1, 0.15) is 46.5 Å². The normalized spacial score (nSPS) is 31.4. The second-order valence-corrected chi connectivity index (χ2v) is 4.78. The minimum Gasteiger partial charge on any atom is -0.324 e. The van der Waals surface area contributed by atoms with E-state index in [9.17, 15) is 0 Å². The molecule has 1 saturated carbocycles. The Balaban J connectivity index is 2.08. The molecule has 13 heavy (non-hydrogen) atoms. The van der Waals surface area contributed by atoms with E-state index in [1.165, 1.54) is 19.3 Å². The fourth-order valence-corrected chi connectivity index (χ4v) is 1.68. The van der Waals surface area contributed by atoms with Gasteiger partial charge in [-0.2, -0.15) is 0 Å². The summed E-state index contributed by atoms with van der Waals surface area (Å²) in [7, 11) is 0. The van der Waals surface area contributed by atoms with Crippen LogP contribution in [0.3, 0.4) is 0 Å². The molecule has 0 bridgehead atoms. The molecule has 0 aromatic carbocycles. The highest BCUT2D eigenvalue weighted by atomic mass is 15.0. The summed E-state index contributed by atoms with van der Waals surface area (Å²) >= 11 is 0. The molecular formula is C11H24N2. The van der Waals surface area contributed by atoms with E-state index in [0.717, 1.165) is 24.9 Å². The lowest BCUT2D eigenvalue weighted by molar-refractivity contribution is 0.408. The van der Waals surface area contributed by atoms with Crippen LogP contribution in [0.25, 0.3) is 0 Å². The zero-order valence-electron chi connectivity index (χ0n) is 9.27. The lowest BCUT2D eigenvalue weighted by atomic mass is 10.0. The Morgan fingerprint density at radius 1 is 1.46 bits per heavy atom. The third kappa shape index (κ3) is 3.65. The van der Waals surface area contributed by atoms with E-state index in [-0.39, 0.29) is 5.54 Å². The van der Waals surface area contributed by atoms with Crippen LogP contribution in [0.4, 0.5) is 0 Å². The van der Waals surface area contributed by atoms with E-state index < -0.39 is 0 Å². The third-order valence-corrected chi connectivity index (χ3v) is 3.16. The SMILES string of the molecule is CCCC1CC1NCC(C)(N)CC. The van der Waals surface area contributed by atoms with Gasteiger partial charge in [0.2, 0.25) is 0 Å². The molecule has 1 fully saturated rings. The van der Waals surface area contributed by atoms with Crippen molar-refractivity contribution in [1.29, 1.82) is 0 Å². The van der Waals surface area contributed by atoms with Crippen molar-refractivity contribution in [3.8, 4) is 0 Å². The number of hydrogen-bond donors (Lipinski definition) is 2. The average Bonchev–Trinajstić information content (AvgIpc) is 2.82. The summed E-state index contributed by atoms with van der Waals surface area (Å²) in [6.45, 7) is 7.50. The molecule has 1 rings (SSSR count). The highest BCUT2D eigenvalue weighted by molar-refractivity contribution is 4.94. The van der Waals surface area contributed by atoms with Crippen molar-refractivity contribution in [3.63, 3.8) is 0 Å². The van der Waals surface area contributed by atoms with Crippen LogP contribution in [-0.2, 0) is 0 Å². The average molecular weight is 184 g/mol. The summed E-state index contributed by atoms with van der Waals surface area (Å²) in [6.07, 6.45) is 5.11. The smallest absolute Gasteiger partial charge is 0.0249 e. The maximum Gasteiger partial charge on any atom is 0.0249 e. The molecule has 1 aliphatic carbocycles. The first-order valence-corrected chi connectivity index (χ1v) is 5.61. The summed E-state index contributed by atoms with van der Waals surface area (Å²) in [5.41, 5.74) is 6.03. The van der Waals surface area contributed by atoms with Gasteiger partial charge in [0, 0.05) is 18.1 Å². The van der Waals surface area contributed by atoms with Gasteiger partial charge in [0.1, 0.15) is 0 Å². The lowest BCUT2D eigenvalue weighted by Gasteiger charge is -2.23. The quantitative estimate of drug-likeness (QED) is 0.661. The maximum absolute atomic E-state index is 6.05. The van der Waals surface area contributed by atoms with Crippen LogP contribution in [-0.4, -0.2) is 18.1 Å². The molecule has 0 saturated heterocycles. The molecule has 2 nitrogen and oxygen atoms in total. The standard InChI is InChI=1S/C11H24N2/c1-4-6-9-7-10(9)13-8-11(3,12)5-2/h9-10,13H,4-8,12H2,1-3H3. The summed E-state index contributed by atoms with van der Waals surface area (Å²) < 4.78 is 0. The second-order valence-electron chi connectivity index (χ2n) is 4.78. The number of nitrogens with one attached hydrogen (secondary N) is 1. The first kappa shape index (κ1) is 11.0. The van der Waals surface area contributed by atoms with Crippen LogP contribution in [0.15, 0.2) is 0 Å². The van der Waals surface area contributed by atoms with Gasteiger partial charge in [0.25, 0.3) is 0 Å². The Bertz CT molecular complexity index is 154. The van der Waals surface area contributed by atoms with Crippen molar-refractivity contribution < 1.29 is 0 Å². The van der Waals surface area contributed by atoms with E-state index in [2.05, 4.69) is 26.1 Å². The Morgan fingerprint density at radius 3 is 2.69 bits per heavy atom. The Labute approximate surface area is 82.3 Å². The fraction of sp³-hybridized carbons (Fsp3) is 1.00. The van der Waals surface area contributed by atoms with Gasteiger partial charge < -0.3 is 11.1 Å². The predicted octanol–water partition coefficient (Wildman–Crippen LogP) is 1.89. The van der Waals surface area contributed by atoms with Crippen molar-refractivity contribution in [1.82, 2.24) is 5.32 Å². The van der Waals surface area contributed by atoms with E-state index in [1.54, 1.807) is 0 Å². The molecule has 0 aromatic heterocycles. The first-order chi connectivity index (χ1) is 6.09. The van der Waals surface area contributed by atoms with Crippen LogP contribution in [0.5, 0.6) is 0 Å². The van der Waals surface area contributed by atoms with E-state index in [4.69, 9.17) is 5.73 Å². The van der Waals surface area contributed by atoms with Crippen LogP contribution < -0.4 is 11.1 Å². The molecule has 0 amide bonds. The summed E-state index contributed by atoms with van der Waals surface area (Å²) in [5.74, 6) is 0.942. The van der Waals surface area contributed by atoms with Crippen LogP contribution >= 0.6 is 0 Å². The zero-order valence-corrected chi connectivity index (χ0v) is 9.27. The summed E-state index contributed by atoms with van der Waals surface area (Å²) in [5, 5.41) is 3.56. The molecule has 0 spiro atoms. The monoisotopic (exact) mass is 184 g/mol. The number of nitrogens with two attached hydrogens (primary N) is 1. The fourth-order valence-electron chi connectivity index (χ4n) is 1.68. The Morgan fingerprint density at radius 2 is 2.15 bits per heavy atom. The highest BCUT2D eigenvalue weighted by Gasteiger charge is 2.36. The van der Waals surface area contributed by atoms with Crippen molar-refractivity contribution >= 4 is 0 Å². The number of rotatable bonds is 6. The lowest BCUT2D eigenvalue weighted by Crippen LogP contribution is -2.46. The number of hydrogen-bond acceptors (Lipinski definition) is 2. The second kappa shape index (κ2) is 4.43. The maximum atomic E-state index is 6.05. The molecule has 2 heteroatoms.